The molecule has 0 saturated carbocycles. The van der Waals surface area contributed by atoms with Crippen LogP contribution in [0.15, 0.2) is 18.2 Å². The van der Waals surface area contributed by atoms with Crippen molar-refractivity contribution in [2.24, 2.45) is 0 Å². The Morgan fingerprint density at radius 1 is 1.21 bits per heavy atom. The van der Waals surface area contributed by atoms with Gasteiger partial charge in [0.1, 0.15) is 11.6 Å². The fourth-order valence-electron chi connectivity index (χ4n) is 1.49. The molecule has 0 saturated heterocycles. The van der Waals surface area contributed by atoms with Crippen molar-refractivity contribution in [3.8, 4) is 0 Å². The zero-order valence-electron chi connectivity index (χ0n) is 10.8. The molecule has 0 aliphatic carbocycles. The van der Waals surface area contributed by atoms with Crippen LogP contribution < -0.4 is 10.6 Å². The summed E-state index contributed by atoms with van der Waals surface area (Å²) in [5.41, 5.74) is 0.204. The van der Waals surface area contributed by atoms with Gasteiger partial charge in [0, 0.05) is 19.2 Å². The summed E-state index contributed by atoms with van der Waals surface area (Å²) < 4.78 is 25.9. The summed E-state index contributed by atoms with van der Waals surface area (Å²) in [7, 11) is 0. The summed E-state index contributed by atoms with van der Waals surface area (Å²) in [4.78, 5) is 11.5. The summed E-state index contributed by atoms with van der Waals surface area (Å²) in [5.74, 6) is -1.59. The molecule has 1 amide bonds. The summed E-state index contributed by atoms with van der Waals surface area (Å²) >= 11 is 0. The van der Waals surface area contributed by atoms with Gasteiger partial charge in [0.25, 0.3) is 0 Å². The van der Waals surface area contributed by atoms with E-state index in [9.17, 15) is 13.6 Å². The van der Waals surface area contributed by atoms with Crippen LogP contribution in [-0.4, -0.2) is 25.5 Å². The molecule has 0 aliphatic rings. The van der Waals surface area contributed by atoms with Gasteiger partial charge in [-0.1, -0.05) is 13.0 Å². The number of hydrogen-bond donors (Lipinski definition) is 2. The number of carbonyl (C=O) groups is 1. The predicted octanol–water partition coefficient (Wildman–Crippen LogP) is 2.04. The topological polar surface area (TPSA) is 41.1 Å². The third-order valence-electron chi connectivity index (χ3n) is 2.42. The van der Waals surface area contributed by atoms with Gasteiger partial charge in [-0.25, -0.2) is 8.78 Å². The van der Waals surface area contributed by atoms with Crippen LogP contribution in [-0.2, 0) is 11.2 Å². The molecule has 19 heavy (non-hydrogen) atoms. The highest BCUT2D eigenvalue weighted by atomic mass is 35.5. The van der Waals surface area contributed by atoms with Crippen LogP contribution in [0.25, 0.3) is 0 Å². The standard InChI is InChI=1S/C13H18F2N2O.ClH/c1-2-5-16-6-7-17-13(18)8-10-3-4-11(14)9-12(10)15;/h3-4,9,16H,2,5-8H2,1H3,(H,17,18);1H. The molecule has 0 spiro atoms. The van der Waals surface area contributed by atoms with Crippen molar-refractivity contribution in [3.05, 3.63) is 35.4 Å². The molecule has 0 aromatic heterocycles. The zero-order chi connectivity index (χ0) is 13.4. The van der Waals surface area contributed by atoms with Gasteiger partial charge in [0.05, 0.1) is 6.42 Å². The number of halogens is 3. The van der Waals surface area contributed by atoms with Gasteiger partial charge in [0.15, 0.2) is 0 Å². The number of rotatable bonds is 7. The molecular weight excluding hydrogens is 274 g/mol. The van der Waals surface area contributed by atoms with E-state index in [0.717, 1.165) is 25.1 Å². The molecule has 1 aromatic carbocycles. The maximum absolute atomic E-state index is 13.3. The van der Waals surface area contributed by atoms with Crippen molar-refractivity contribution in [1.29, 1.82) is 0 Å². The van der Waals surface area contributed by atoms with Crippen LogP contribution in [0.2, 0.25) is 0 Å². The Morgan fingerprint density at radius 2 is 1.95 bits per heavy atom. The van der Waals surface area contributed by atoms with E-state index in [1.54, 1.807) is 0 Å². The average molecular weight is 293 g/mol. The van der Waals surface area contributed by atoms with E-state index in [1.807, 2.05) is 0 Å². The zero-order valence-corrected chi connectivity index (χ0v) is 11.7. The summed E-state index contributed by atoms with van der Waals surface area (Å²) in [6.07, 6.45) is 0.967. The quantitative estimate of drug-likeness (QED) is 0.755. The second kappa shape index (κ2) is 9.69. The van der Waals surface area contributed by atoms with E-state index in [0.29, 0.717) is 13.1 Å². The van der Waals surface area contributed by atoms with Gasteiger partial charge in [-0.3, -0.25) is 4.79 Å². The Bertz CT molecular complexity index is 402. The minimum atomic E-state index is -0.686. The molecular formula is C13H19ClF2N2O. The van der Waals surface area contributed by atoms with Crippen molar-refractivity contribution >= 4 is 18.3 Å². The highest BCUT2D eigenvalue weighted by Gasteiger charge is 2.08. The van der Waals surface area contributed by atoms with Crippen molar-refractivity contribution in [2.45, 2.75) is 19.8 Å². The fraction of sp³-hybridized carbons (Fsp3) is 0.462. The molecule has 0 unspecified atom stereocenters. The highest BCUT2D eigenvalue weighted by molar-refractivity contribution is 5.85. The second-order valence-corrected chi connectivity index (χ2v) is 4.01. The van der Waals surface area contributed by atoms with Crippen LogP contribution in [0.1, 0.15) is 18.9 Å². The first-order valence-electron chi connectivity index (χ1n) is 6.04. The first-order chi connectivity index (χ1) is 8.63. The van der Waals surface area contributed by atoms with Crippen LogP contribution in [0, 0.1) is 11.6 Å². The molecule has 6 heteroatoms. The minimum Gasteiger partial charge on any atom is -0.355 e. The van der Waals surface area contributed by atoms with E-state index >= 15 is 0 Å². The van der Waals surface area contributed by atoms with E-state index in [4.69, 9.17) is 0 Å². The Balaban J connectivity index is 0.00000324. The van der Waals surface area contributed by atoms with Crippen LogP contribution in [0.3, 0.4) is 0 Å². The monoisotopic (exact) mass is 292 g/mol. The van der Waals surface area contributed by atoms with Crippen molar-refractivity contribution in [3.63, 3.8) is 0 Å². The Morgan fingerprint density at radius 3 is 2.58 bits per heavy atom. The Labute approximate surface area is 118 Å². The maximum atomic E-state index is 13.3. The normalized spacial score (nSPS) is 9.84. The number of hydrogen-bond acceptors (Lipinski definition) is 2. The van der Waals surface area contributed by atoms with E-state index < -0.39 is 11.6 Å². The van der Waals surface area contributed by atoms with Gasteiger partial charge in [-0.2, -0.15) is 0 Å². The fourth-order valence-corrected chi connectivity index (χ4v) is 1.49. The van der Waals surface area contributed by atoms with Crippen molar-refractivity contribution < 1.29 is 13.6 Å². The smallest absolute Gasteiger partial charge is 0.224 e. The summed E-state index contributed by atoms with van der Waals surface area (Å²) in [6.45, 7) is 4.15. The average Bonchev–Trinajstić information content (AvgIpc) is 2.32. The lowest BCUT2D eigenvalue weighted by Crippen LogP contribution is -2.33. The van der Waals surface area contributed by atoms with E-state index in [2.05, 4.69) is 17.6 Å². The first-order valence-corrected chi connectivity index (χ1v) is 6.04. The molecule has 0 radical (unpaired) electrons. The molecule has 2 N–H and O–H groups in total. The van der Waals surface area contributed by atoms with E-state index in [-0.39, 0.29) is 30.3 Å². The Hall–Kier alpha value is -1.20. The lowest BCUT2D eigenvalue weighted by molar-refractivity contribution is -0.120. The van der Waals surface area contributed by atoms with Crippen LogP contribution in [0.4, 0.5) is 8.78 Å². The highest BCUT2D eigenvalue weighted by Crippen LogP contribution is 2.09. The Kier molecular flexibility index (Phi) is 9.08. The molecule has 0 atom stereocenters. The SMILES string of the molecule is CCCNCCNC(=O)Cc1ccc(F)cc1F.Cl. The molecule has 3 nitrogen and oxygen atoms in total. The van der Waals surface area contributed by atoms with Crippen molar-refractivity contribution in [2.75, 3.05) is 19.6 Å². The van der Waals surface area contributed by atoms with Gasteiger partial charge >= 0.3 is 0 Å². The van der Waals surface area contributed by atoms with Gasteiger partial charge in [0.2, 0.25) is 5.91 Å². The van der Waals surface area contributed by atoms with Crippen LogP contribution in [0.5, 0.6) is 0 Å². The number of benzene rings is 1. The van der Waals surface area contributed by atoms with Gasteiger partial charge in [-0.15, -0.1) is 12.4 Å². The minimum absolute atomic E-state index is 0. The third kappa shape index (κ3) is 7.08. The lowest BCUT2D eigenvalue weighted by atomic mass is 10.1. The molecule has 0 heterocycles. The molecule has 1 aromatic rings. The maximum Gasteiger partial charge on any atom is 0.224 e. The summed E-state index contributed by atoms with van der Waals surface area (Å²) in [5, 5.41) is 5.80. The predicted molar refractivity (Wildman–Crippen MR) is 73.5 cm³/mol. The van der Waals surface area contributed by atoms with E-state index in [1.165, 1.54) is 6.07 Å². The molecule has 0 fully saturated rings. The molecule has 0 aliphatic heterocycles. The number of carbonyl (C=O) groups excluding carboxylic acids is 1. The van der Waals surface area contributed by atoms with Crippen LogP contribution >= 0.6 is 12.4 Å². The molecule has 1 rings (SSSR count). The first kappa shape index (κ1) is 17.8. The third-order valence-corrected chi connectivity index (χ3v) is 2.42. The largest absolute Gasteiger partial charge is 0.355 e. The number of amides is 1. The lowest BCUT2D eigenvalue weighted by Gasteiger charge is -2.07. The van der Waals surface area contributed by atoms with Gasteiger partial charge in [-0.05, 0) is 24.6 Å². The van der Waals surface area contributed by atoms with Gasteiger partial charge < -0.3 is 10.6 Å². The molecule has 108 valence electrons. The summed E-state index contributed by atoms with van der Waals surface area (Å²) in [6, 6.07) is 3.22. The molecule has 0 bridgehead atoms. The second-order valence-electron chi connectivity index (χ2n) is 4.01. The number of nitrogens with one attached hydrogen (secondary N) is 2. The van der Waals surface area contributed by atoms with Crippen molar-refractivity contribution in [1.82, 2.24) is 10.6 Å².